The van der Waals surface area contributed by atoms with Gasteiger partial charge in [-0.25, -0.2) is 4.98 Å². The van der Waals surface area contributed by atoms with Crippen LogP contribution in [0, 0.1) is 13.8 Å². The van der Waals surface area contributed by atoms with E-state index in [2.05, 4.69) is 57.8 Å². The van der Waals surface area contributed by atoms with E-state index in [4.69, 9.17) is 9.72 Å². The van der Waals surface area contributed by atoms with Gasteiger partial charge in [0.15, 0.2) is 0 Å². The molecule has 0 aliphatic carbocycles. The van der Waals surface area contributed by atoms with Gasteiger partial charge in [0, 0.05) is 29.9 Å². The summed E-state index contributed by atoms with van der Waals surface area (Å²) in [6.45, 7) is 16.4. The van der Waals surface area contributed by atoms with Crippen molar-refractivity contribution in [2.75, 3.05) is 24.7 Å². The summed E-state index contributed by atoms with van der Waals surface area (Å²) in [7, 11) is 0. The van der Waals surface area contributed by atoms with E-state index in [1.165, 1.54) is 11.1 Å². The van der Waals surface area contributed by atoms with Crippen molar-refractivity contribution in [3.8, 4) is 0 Å². The smallest absolute Gasteiger partial charge is 0.134 e. The Hall–Kier alpha value is -1.13. The maximum absolute atomic E-state index is 5.56. The summed E-state index contributed by atoms with van der Waals surface area (Å²) in [6.07, 6.45) is 0. The second-order valence-corrected chi connectivity index (χ2v) is 7.10. The van der Waals surface area contributed by atoms with Crippen molar-refractivity contribution in [1.82, 2.24) is 10.3 Å². The van der Waals surface area contributed by atoms with Gasteiger partial charge in [-0.15, -0.1) is 0 Å². The Morgan fingerprint density at radius 1 is 1.38 bits per heavy atom. The van der Waals surface area contributed by atoms with Gasteiger partial charge in [0.25, 0.3) is 0 Å². The Kier molecular flexibility index (Phi) is 4.89. The second kappa shape index (κ2) is 6.32. The molecule has 21 heavy (non-hydrogen) atoms. The van der Waals surface area contributed by atoms with Crippen LogP contribution in [0.4, 0.5) is 5.82 Å². The molecule has 2 rings (SSSR count). The molecule has 1 aromatic rings. The summed E-state index contributed by atoms with van der Waals surface area (Å²) in [5, 5.41) is 3.59. The average molecular weight is 291 g/mol. The molecule has 0 radical (unpaired) electrons. The minimum atomic E-state index is 0.102. The van der Waals surface area contributed by atoms with Crippen LogP contribution in [-0.2, 0) is 11.3 Å². The van der Waals surface area contributed by atoms with Crippen LogP contribution in [0.3, 0.4) is 0 Å². The molecule has 1 atom stereocenters. The number of ether oxygens (including phenoxy) is 1. The lowest BCUT2D eigenvalue weighted by atomic mass is 10.0. The standard InChI is InChI=1S/C17H29N3O/c1-12-9-13(2)19-16(15(12)10-18-17(4,5)6)20-7-8-21-11-14(20)3/h9,14,18H,7-8,10-11H2,1-6H3. The molecule has 1 unspecified atom stereocenters. The number of pyridine rings is 1. The molecular formula is C17H29N3O. The predicted octanol–water partition coefficient (Wildman–Crippen LogP) is 2.81. The fourth-order valence-corrected chi connectivity index (χ4v) is 2.69. The molecule has 4 heteroatoms. The van der Waals surface area contributed by atoms with Crippen LogP contribution in [0.5, 0.6) is 0 Å². The van der Waals surface area contributed by atoms with Gasteiger partial charge in [-0.2, -0.15) is 0 Å². The molecule has 2 heterocycles. The van der Waals surface area contributed by atoms with Gasteiger partial charge < -0.3 is 15.0 Å². The van der Waals surface area contributed by atoms with Crippen molar-refractivity contribution in [3.05, 3.63) is 22.9 Å². The molecule has 118 valence electrons. The fourth-order valence-electron chi connectivity index (χ4n) is 2.69. The molecule has 0 saturated carbocycles. The number of anilines is 1. The van der Waals surface area contributed by atoms with Gasteiger partial charge in [0.1, 0.15) is 5.82 Å². The first-order valence-corrected chi connectivity index (χ1v) is 7.84. The van der Waals surface area contributed by atoms with Crippen molar-refractivity contribution >= 4 is 5.82 Å². The number of rotatable bonds is 3. The van der Waals surface area contributed by atoms with Gasteiger partial charge in [-0.3, -0.25) is 0 Å². The van der Waals surface area contributed by atoms with Gasteiger partial charge >= 0.3 is 0 Å². The average Bonchev–Trinajstić information content (AvgIpc) is 2.36. The lowest BCUT2D eigenvalue weighted by molar-refractivity contribution is 0.0984. The molecule has 0 bridgehead atoms. The maximum Gasteiger partial charge on any atom is 0.134 e. The monoisotopic (exact) mass is 291 g/mol. The SMILES string of the molecule is Cc1cc(C)c(CNC(C)(C)C)c(N2CCOCC2C)n1. The molecular weight excluding hydrogens is 262 g/mol. The Balaban J connectivity index is 2.33. The zero-order valence-corrected chi connectivity index (χ0v) is 14.3. The molecule has 0 aromatic carbocycles. The van der Waals surface area contributed by atoms with Crippen molar-refractivity contribution in [3.63, 3.8) is 0 Å². The molecule has 1 fully saturated rings. The molecule has 1 aliphatic rings. The van der Waals surface area contributed by atoms with Gasteiger partial charge in [-0.05, 0) is 53.2 Å². The topological polar surface area (TPSA) is 37.4 Å². The lowest BCUT2D eigenvalue weighted by Gasteiger charge is -2.36. The Labute approximate surface area is 128 Å². The number of hydrogen-bond acceptors (Lipinski definition) is 4. The van der Waals surface area contributed by atoms with Crippen molar-refractivity contribution in [1.29, 1.82) is 0 Å². The third kappa shape index (κ3) is 4.17. The highest BCUT2D eigenvalue weighted by atomic mass is 16.5. The van der Waals surface area contributed by atoms with Crippen LogP contribution in [0.1, 0.15) is 44.5 Å². The molecule has 1 saturated heterocycles. The van der Waals surface area contributed by atoms with E-state index in [9.17, 15) is 0 Å². The van der Waals surface area contributed by atoms with Crippen molar-refractivity contribution < 1.29 is 4.74 Å². The summed E-state index contributed by atoms with van der Waals surface area (Å²) in [5.74, 6) is 1.13. The van der Waals surface area contributed by atoms with Crippen LogP contribution in [0.2, 0.25) is 0 Å². The third-order valence-electron chi connectivity index (χ3n) is 3.89. The van der Waals surface area contributed by atoms with E-state index >= 15 is 0 Å². The zero-order chi connectivity index (χ0) is 15.6. The summed E-state index contributed by atoms with van der Waals surface area (Å²) in [4.78, 5) is 7.23. The van der Waals surface area contributed by atoms with Crippen LogP contribution in [0.25, 0.3) is 0 Å². The highest BCUT2D eigenvalue weighted by Gasteiger charge is 2.24. The molecule has 1 aliphatic heterocycles. The highest BCUT2D eigenvalue weighted by molar-refractivity contribution is 5.52. The Morgan fingerprint density at radius 3 is 2.71 bits per heavy atom. The van der Waals surface area contributed by atoms with E-state index in [-0.39, 0.29) is 5.54 Å². The number of hydrogen-bond donors (Lipinski definition) is 1. The lowest BCUT2D eigenvalue weighted by Crippen LogP contribution is -2.45. The Bertz CT molecular complexity index is 494. The van der Waals surface area contributed by atoms with Crippen LogP contribution >= 0.6 is 0 Å². The number of nitrogens with one attached hydrogen (secondary N) is 1. The predicted molar refractivity (Wildman–Crippen MR) is 87.9 cm³/mol. The first-order valence-electron chi connectivity index (χ1n) is 7.84. The number of nitrogens with zero attached hydrogens (tertiary/aromatic N) is 2. The minimum Gasteiger partial charge on any atom is -0.377 e. The highest BCUT2D eigenvalue weighted by Crippen LogP contribution is 2.26. The van der Waals surface area contributed by atoms with Gasteiger partial charge in [0.2, 0.25) is 0 Å². The first-order chi connectivity index (χ1) is 9.78. The maximum atomic E-state index is 5.56. The summed E-state index contributed by atoms with van der Waals surface area (Å²) in [5.41, 5.74) is 3.81. The van der Waals surface area contributed by atoms with E-state index in [0.29, 0.717) is 6.04 Å². The summed E-state index contributed by atoms with van der Waals surface area (Å²) < 4.78 is 5.56. The summed E-state index contributed by atoms with van der Waals surface area (Å²) >= 11 is 0. The Morgan fingerprint density at radius 2 is 2.10 bits per heavy atom. The van der Waals surface area contributed by atoms with E-state index in [1.54, 1.807) is 0 Å². The van der Waals surface area contributed by atoms with Crippen LogP contribution in [-0.4, -0.2) is 36.3 Å². The van der Waals surface area contributed by atoms with Crippen molar-refractivity contribution in [2.24, 2.45) is 0 Å². The number of aryl methyl sites for hydroxylation is 2. The third-order valence-corrected chi connectivity index (χ3v) is 3.89. The number of aromatic nitrogens is 1. The van der Waals surface area contributed by atoms with E-state index in [0.717, 1.165) is 37.8 Å². The zero-order valence-electron chi connectivity index (χ0n) is 14.3. The first kappa shape index (κ1) is 16.2. The molecule has 4 nitrogen and oxygen atoms in total. The minimum absolute atomic E-state index is 0.102. The summed E-state index contributed by atoms with van der Waals surface area (Å²) in [6, 6.07) is 2.55. The molecule has 1 N–H and O–H groups in total. The van der Waals surface area contributed by atoms with Gasteiger partial charge in [0.05, 0.1) is 19.3 Å². The van der Waals surface area contributed by atoms with E-state index in [1.807, 2.05) is 0 Å². The fraction of sp³-hybridized carbons (Fsp3) is 0.706. The molecule has 0 amide bonds. The molecule has 0 spiro atoms. The normalized spacial score (nSPS) is 19.9. The largest absolute Gasteiger partial charge is 0.377 e. The number of morpholine rings is 1. The second-order valence-electron chi connectivity index (χ2n) is 7.10. The quantitative estimate of drug-likeness (QED) is 0.929. The molecule has 1 aromatic heterocycles. The van der Waals surface area contributed by atoms with Gasteiger partial charge in [-0.1, -0.05) is 0 Å². The van der Waals surface area contributed by atoms with E-state index < -0.39 is 0 Å². The van der Waals surface area contributed by atoms with Crippen LogP contribution in [0.15, 0.2) is 6.07 Å². The van der Waals surface area contributed by atoms with Crippen LogP contribution < -0.4 is 10.2 Å². The van der Waals surface area contributed by atoms with Crippen molar-refractivity contribution in [2.45, 2.75) is 59.7 Å².